The van der Waals surface area contributed by atoms with Crippen LogP contribution in [0, 0.1) is 18.3 Å². The molecule has 3 aromatic heterocycles. The van der Waals surface area contributed by atoms with E-state index in [0.717, 1.165) is 16.7 Å². The van der Waals surface area contributed by atoms with E-state index in [1.54, 1.807) is 13.1 Å². The van der Waals surface area contributed by atoms with Crippen LogP contribution in [0.1, 0.15) is 34.5 Å². The summed E-state index contributed by atoms with van der Waals surface area (Å²) in [7, 11) is 0. The van der Waals surface area contributed by atoms with E-state index in [2.05, 4.69) is 26.0 Å². The van der Waals surface area contributed by atoms with E-state index >= 15 is 0 Å². The van der Waals surface area contributed by atoms with Gasteiger partial charge in [0.15, 0.2) is 5.65 Å². The second-order valence-corrected chi connectivity index (χ2v) is 8.70. The van der Waals surface area contributed by atoms with Gasteiger partial charge in [-0.25, -0.2) is 18.1 Å². The molecule has 11 heteroatoms. The van der Waals surface area contributed by atoms with Crippen molar-refractivity contribution in [3.63, 3.8) is 0 Å². The predicted octanol–water partition coefficient (Wildman–Crippen LogP) is 4.11. The Morgan fingerprint density at radius 1 is 1.37 bits per heavy atom. The number of aromatic nitrogens is 4. The molecule has 0 unspecified atom stereocenters. The summed E-state index contributed by atoms with van der Waals surface area (Å²) in [6.07, 6.45) is 7.39. The fraction of sp³-hybridized carbons (Fsp3) is 0.208. The number of anilines is 1. The maximum Gasteiger partial charge on any atom is 0.283 e. The van der Waals surface area contributed by atoms with Crippen molar-refractivity contribution in [3.05, 3.63) is 76.2 Å². The van der Waals surface area contributed by atoms with Crippen LogP contribution in [-0.4, -0.2) is 49.0 Å². The number of aliphatic hydroxyl groups excluding tert-OH is 1. The third-order valence-electron chi connectivity index (χ3n) is 5.80. The maximum atomic E-state index is 13.6. The van der Waals surface area contributed by atoms with Crippen LogP contribution in [0.5, 0.6) is 0 Å². The summed E-state index contributed by atoms with van der Waals surface area (Å²) in [5.74, 6) is 0.483. The number of hydrogen-bond donors (Lipinski definition) is 1. The minimum atomic E-state index is -2.92. The van der Waals surface area contributed by atoms with E-state index in [4.69, 9.17) is 0 Å². The topological polar surface area (TPSA) is 103 Å². The Kier molecular flexibility index (Phi) is 5.84. The van der Waals surface area contributed by atoms with Crippen LogP contribution in [0.2, 0.25) is 0 Å². The highest BCUT2D eigenvalue weighted by Gasteiger charge is 2.32. The molecule has 35 heavy (non-hydrogen) atoms. The SMILES string of the molecule is C=CN=C1C=C(c2cnsc2)C=C/C1=C\c1c(C)nc2c(C#N)c(C(F)F)nn2c1N1CC(O)C1. The Morgan fingerprint density at radius 2 is 2.17 bits per heavy atom. The van der Waals surface area contributed by atoms with E-state index in [9.17, 15) is 19.1 Å². The molecule has 0 aromatic carbocycles. The number of nitrogens with zero attached hydrogens (tertiary/aromatic N) is 7. The number of hydrogen-bond acceptors (Lipinski definition) is 8. The Balaban J connectivity index is 1.70. The number of halogens is 2. The van der Waals surface area contributed by atoms with Crippen LogP contribution < -0.4 is 4.90 Å². The van der Waals surface area contributed by atoms with Crippen molar-refractivity contribution in [3.8, 4) is 6.07 Å². The van der Waals surface area contributed by atoms with Gasteiger partial charge in [-0.1, -0.05) is 18.7 Å². The summed E-state index contributed by atoms with van der Waals surface area (Å²) in [6, 6.07) is 1.82. The molecule has 1 aliphatic heterocycles. The minimum absolute atomic E-state index is 0.0603. The normalized spacial score (nSPS) is 18.4. The van der Waals surface area contributed by atoms with Gasteiger partial charge < -0.3 is 10.0 Å². The fourth-order valence-corrected chi connectivity index (χ4v) is 4.64. The first kappa shape index (κ1) is 22.8. The molecule has 1 aliphatic carbocycles. The van der Waals surface area contributed by atoms with Gasteiger partial charge in [0.2, 0.25) is 0 Å². The van der Waals surface area contributed by atoms with Gasteiger partial charge >= 0.3 is 0 Å². The quantitative estimate of drug-likeness (QED) is 0.576. The number of nitriles is 1. The van der Waals surface area contributed by atoms with Crippen LogP contribution in [-0.2, 0) is 0 Å². The van der Waals surface area contributed by atoms with Crippen molar-refractivity contribution >= 4 is 40.4 Å². The number of β-amino-alcohol motifs (C(OH)–C–C–N with tert-alkyl or cyclic N) is 1. The highest BCUT2D eigenvalue weighted by molar-refractivity contribution is 7.03. The fourth-order valence-electron chi connectivity index (χ4n) is 4.09. The Morgan fingerprint density at radius 3 is 2.80 bits per heavy atom. The van der Waals surface area contributed by atoms with Crippen molar-refractivity contribution in [1.29, 1.82) is 5.26 Å². The van der Waals surface area contributed by atoms with E-state index in [1.165, 1.54) is 22.2 Å². The first-order chi connectivity index (χ1) is 16.9. The lowest BCUT2D eigenvalue weighted by Crippen LogP contribution is -2.52. The molecule has 1 fully saturated rings. The van der Waals surface area contributed by atoms with Crippen molar-refractivity contribution in [2.75, 3.05) is 18.0 Å². The van der Waals surface area contributed by atoms with Crippen molar-refractivity contribution in [2.45, 2.75) is 19.5 Å². The van der Waals surface area contributed by atoms with Crippen LogP contribution in [0.4, 0.5) is 14.6 Å². The average molecular weight is 492 g/mol. The molecular formula is C24H19F2N7OS. The van der Waals surface area contributed by atoms with Gasteiger partial charge in [0.1, 0.15) is 23.1 Å². The molecule has 0 atom stereocenters. The van der Waals surface area contributed by atoms with Crippen molar-refractivity contribution in [2.24, 2.45) is 4.99 Å². The van der Waals surface area contributed by atoms with Crippen LogP contribution in [0.25, 0.3) is 17.3 Å². The first-order valence-corrected chi connectivity index (χ1v) is 11.5. The number of alkyl halides is 2. The van der Waals surface area contributed by atoms with Gasteiger partial charge in [-0.05, 0) is 36.2 Å². The molecule has 0 radical (unpaired) electrons. The second kappa shape index (κ2) is 8.98. The molecule has 0 bridgehead atoms. The molecule has 0 spiro atoms. The minimum Gasteiger partial charge on any atom is -0.389 e. The highest BCUT2D eigenvalue weighted by atomic mass is 32.1. The summed E-state index contributed by atoms with van der Waals surface area (Å²) >= 11 is 1.36. The molecule has 0 saturated carbocycles. The maximum absolute atomic E-state index is 13.6. The zero-order chi connectivity index (χ0) is 24.7. The monoisotopic (exact) mass is 491 g/mol. The van der Waals surface area contributed by atoms with E-state index in [1.807, 2.05) is 40.7 Å². The molecular weight excluding hydrogens is 472 g/mol. The molecule has 176 valence electrons. The number of aliphatic imine (C=N–C) groups is 1. The predicted molar refractivity (Wildman–Crippen MR) is 130 cm³/mol. The zero-order valence-corrected chi connectivity index (χ0v) is 19.4. The molecule has 8 nitrogen and oxygen atoms in total. The number of fused-ring (bicyclic) bond motifs is 1. The van der Waals surface area contributed by atoms with Crippen LogP contribution in [0.15, 0.2) is 53.1 Å². The van der Waals surface area contributed by atoms with E-state index in [0.29, 0.717) is 35.9 Å². The van der Waals surface area contributed by atoms with Gasteiger partial charge in [0.05, 0.1) is 17.5 Å². The van der Waals surface area contributed by atoms with Gasteiger partial charge in [0.25, 0.3) is 6.43 Å². The van der Waals surface area contributed by atoms with Crippen molar-refractivity contribution < 1.29 is 13.9 Å². The molecule has 1 saturated heterocycles. The second-order valence-electron chi connectivity index (χ2n) is 8.04. The van der Waals surface area contributed by atoms with Gasteiger partial charge in [-0.15, -0.1) is 0 Å². The van der Waals surface area contributed by atoms with Gasteiger partial charge in [-0.2, -0.15) is 14.9 Å². The summed E-state index contributed by atoms with van der Waals surface area (Å²) in [5.41, 5.74) is 3.67. The number of aliphatic hydroxyl groups is 1. The zero-order valence-electron chi connectivity index (χ0n) is 18.6. The van der Waals surface area contributed by atoms with E-state index < -0.39 is 18.2 Å². The van der Waals surface area contributed by atoms with E-state index in [-0.39, 0.29) is 11.2 Å². The Hall–Kier alpha value is -4.01. The number of aryl methyl sites for hydroxylation is 1. The third-order valence-corrected chi connectivity index (χ3v) is 6.39. The van der Waals surface area contributed by atoms with Crippen LogP contribution in [0.3, 0.4) is 0 Å². The summed E-state index contributed by atoms with van der Waals surface area (Å²) in [4.78, 5) is 10.7. The number of allylic oxidation sites excluding steroid dienone is 5. The Bertz CT molecular complexity index is 1490. The largest absolute Gasteiger partial charge is 0.389 e. The average Bonchev–Trinajstić information content (AvgIpc) is 3.47. The highest BCUT2D eigenvalue weighted by Crippen LogP contribution is 2.34. The molecule has 2 aliphatic rings. The lowest BCUT2D eigenvalue weighted by molar-refractivity contribution is 0.139. The standard InChI is InChI=1S/C24H19F2N7OS/c1-3-28-20-7-14(16-9-29-35-12-16)4-5-15(20)6-18-13(2)30-23-19(8-27)21(22(25)26)31-33(23)24(18)32-10-17(34)11-32/h3-7,9,12,17,22,34H,1,10-11H2,2H3/b15-6+,28-20?. The molecule has 1 N–H and O–H groups in total. The van der Waals surface area contributed by atoms with Gasteiger partial charge in [0, 0.05) is 47.6 Å². The molecule has 4 heterocycles. The summed E-state index contributed by atoms with van der Waals surface area (Å²) in [6.45, 7) is 6.07. The lowest BCUT2D eigenvalue weighted by atomic mass is 9.95. The van der Waals surface area contributed by atoms with Gasteiger partial charge in [-0.3, -0.25) is 4.99 Å². The number of rotatable bonds is 5. The first-order valence-electron chi connectivity index (χ1n) is 10.7. The molecule has 0 amide bonds. The lowest BCUT2D eigenvalue weighted by Gasteiger charge is -2.38. The Labute approximate surface area is 203 Å². The third kappa shape index (κ3) is 3.96. The smallest absolute Gasteiger partial charge is 0.283 e. The van der Waals surface area contributed by atoms with Crippen LogP contribution >= 0.6 is 11.5 Å². The van der Waals surface area contributed by atoms with Crippen molar-refractivity contribution in [1.82, 2.24) is 19.0 Å². The summed E-state index contributed by atoms with van der Waals surface area (Å²) < 4.78 is 32.7. The molecule has 5 rings (SSSR count). The summed E-state index contributed by atoms with van der Waals surface area (Å²) in [5, 5.41) is 25.5. The molecule has 3 aromatic rings.